The smallest absolute Gasteiger partial charge is 0.336 e. The van der Waals surface area contributed by atoms with Gasteiger partial charge in [0.15, 0.2) is 0 Å². The largest absolute Gasteiger partial charge is 0.466 e. The molecule has 29 heavy (non-hydrogen) atoms. The molecular formula is C24H25NO4. The van der Waals surface area contributed by atoms with Crippen molar-refractivity contribution < 1.29 is 18.7 Å². The number of aryl methyl sites for hydroxylation is 2. The molecule has 1 aromatic carbocycles. The lowest BCUT2D eigenvalue weighted by Gasteiger charge is -2.37. The maximum absolute atomic E-state index is 13.3. The van der Waals surface area contributed by atoms with Gasteiger partial charge in [0.05, 0.1) is 24.5 Å². The van der Waals surface area contributed by atoms with Gasteiger partial charge in [0.1, 0.15) is 17.3 Å². The summed E-state index contributed by atoms with van der Waals surface area (Å²) >= 11 is 0. The van der Waals surface area contributed by atoms with Crippen molar-refractivity contribution in [1.29, 1.82) is 0 Å². The molecule has 0 saturated heterocycles. The van der Waals surface area contributed by atoms with Crippen LogP contribution in [0.2, 0.25) is 0 Å². The zero-order chi connectivity index (χ0) is 20.7. The van der Waals surface area contributed by atoms with Crippen molar-refractivity contribution in [3.8, 4) is 0 Å². The van der Waals surface area contributed by atoms with Gasteiger partial charge in [-0.25, -0.2) is 4.79 Å². The molecular weight excluding hydrogens is 366 g/mol. The van der Waals surface area contributed by atoms with Gasteiger partial charge in [-0.1, -0.05) is 29.8 Å². The first-order chi connectivity index (χ1) is 13.9. The molecule has 150 valence electrons. The Morgan fingerprint density at radius 3 is 2.38 bits per heavy atom. The van der Waals surface area contributed by atoms with E-state index in [2.05, 4.69) is 31.2 Å². The molecule has 0 spiro atoms. The molecule has 3 atom stereocenters. The lowest BCUT2D eigenvalue weighted by molar-refractivity contribution is -0.136. The number of Topliss-reactive ketones (excluding diaryl/α,β-unsaturated/α-hetero) is 1. The van der Waals surface area contributed by atoms with E-state index >= 15 is 0 Å². The average Bonchev–Trinajstić information content (AvgIpc) is 3.12. The van der Waals surface area contributed by atoms with Crippen LogP contribution in [0.5, 0.6) is 0 Å². The van der Waals surface area contributed by atoms with Gasteiger partial charge in [-0.05, 0) is 50.8 Å². The molecule has 1 aliphatic heterocycles. The summed E-state index contributed by atoms with van der Waals surface area (Å²) in [5.74, 6) is 0.111. The summed E-state index contributed by atoms with van der Waals surface area (Å²) in [7, 11) is 1.35. The minimum Gasteiger partial charge on any atom is -0.466 e. The molecule has 0 bridgehead atoms. The maximum Gasteiger partial charge on any atom is 0.336 e. The minimum absolute atomic E-state index is 0.0912. The van der Waals surface area contributed by atoms with Gasteiger partial charge in [-0.15, -0.1) is 0 Å². The topological polar surface area (TPSA) is 68.9 Å². The zero-order valence-corrected chi connectivity index (χ0v) is 17.2. The number of hydrogen-bond acceptors (Lipinski definition) is 5. The molecule has 5 heteroatoms. The summed E-state index contributed by atoms with van der Waals surface area (Å²) in [6, 6.07) is 12.0. The third-order valence-electron chi connectivity index (χ3n) is 5.98. The van der Waals surface area contributed by atoms with Crippen LogP contribution in [-0.2, 0) is 14.3 Å². The van der Waals surface area contributed by atoms with Crippen LogP contribution in [-0.4, -0.2) is 24.6 Å². The van der Waals surface area contributed by atoms with Gasteiger partial charge in [0.2, 0.25) is 0 Å². The number of methoxy groups -OCH3 is 1. The van der Waals surface area contributed by atoms with Crippen LogP contribution in [0.1, 0.15) is 54.2 Å². The number of rotatable bonds is 3. The standard InChI is InChI=1S/C24H25NO4/c1-13-5-8-16(9-6-13)17-11-18-22(19(26)12-17)23(20-10-7-14(2)29-20)21(15(3)25-18)24(27)28-4/h5-10,17,22-23H,11-12H2,1-4H3/t17-,22?,23+/m1/s1. The van der Waals surface area contributed by atoms with E-state index in [0.29, 0.717) is 29.9 Å². The van der Waals surface area contributed by atoms with Gasteiger partial charge in [-0.3, -0.25) is 9.79 Å². The van der Waals surface area contributed by atoms with E-state index in [0.717, 1.165) is 17.0 Å². The first kappa shape index (κ1) is 19.4. The average molecular weight is 391 g/mol. The van der Waals surface area contributed by atoms with Crippen LogP contribution in [0.15, 0.2) is 57.1 Å². The molecule has 2 aromatic rings. The monoisotopic (exact) mass is 391 g/mol. The fraction of sp³-hybridized carbons (Fsp3) is 0.375. The minimum atomic E-state index is -0.491. The second kappa shape index (κ2) is 7.47. The van der Waals surface area contributed by atoms with Gasteiger partial charge in [0, 0.05) is 17.8 Å². The highest BCUT2D eigenvalue weighted by atomic mass is 16.5. The maximum atomic E-state index is 13.3. The Hall–Kier alpha value is -2.95. The van der Waals surface area contributed by atoms with E-state index in [1.165, 1.54) is 12.7 Å². The van der Waals surface area contributed by atoms with E-state index in [1.54, 1.807) is 6.92 Å². The summed E-state index contributed by atoms with van der Waals surface area (Å²) in [6.07, 6.45) is 1.12. The molecule has 0 N–H and O–H groups in total. The first-order valence-corrected chi connectivity index (χ1v) is 9.91. The summed E-state index contributed by atoms with van der Waals surface area (Å²) in [5, 5.41) is 0. The number of ether oxygens (including phenoxy) is 1. The van der Waals surface area contributed by atoms with Gasteiger partial charge < -0.3 is 9.15 Å². The normalized spacial score (nSPS) is 24.2. The highest BCUT2D eigenvalue weighted by Gasteiger charge is 2.47. The Morgan fingerprint density at radius 2 is 1.76 bits per heavy atom. The summed E-state index contributed by atoms with van der Waals surface area (Å²) in [4.78, 5) is 30.6. The fourth-order valence-electron chi connectivity index (χ4n) is 4.55. The van der Waals surface area contributed by atoms with E-state index in [9.17, 15) is 9.59 Å². The Morgan fingerprint density at radius 1 is 1.03 bits per heavy atom. The molecule has 4 rings (SSSR count). The Labute approximate surface area is 170 Å². The molecule has 5 nitrogen and oxygen atoms in total. The van der Waals surface area contributed by atoms with Gasteiger partial charge in [-0.2, -0.15) is 0 Å². The highest BCUT2D eigenvalue weighted by Crippen LogP contribution is 2.46. The van der Waals surface area contributed by atoms with Crippen LogP contribution >= 0.6 is 0 Å². The third kappa shape index (κ3) is 3.46. The number of ketones is 1. The molecule has 1 fully saturated rings. The second-order valence-electron chi connectivity index (χ2n) is 7.98. The van der Waals surface area contributed by atoms with Crippen LogP contribution in [0.4, 0.5) is 0 Å². The fourth-order valence-corrected chi connectivity index (χ4v) is 4.55. The SMILES string of the molecule is COC(=O)C1=C(C)N=C2C[C@@H](c3ccc(C)cc3)CC(=O)C2[C@H]1c1ccc(C)o1. The van der Waals surface area contributed by atoms with Crippen molar-refractivity contribution >= 4 is 17.5 Å². The van der Waals surface area contributed by atoms with Crippen LogP contribution in [0, 0.1) is 19.8 Å². The molecule has 1 unspecified atom stereocenters. The van der Waals surface area contributed by atoms with Crippen LogP contribution in [0.25, 0.3) is 0 Å². The Bertz CT molecular complexity index is 1030. The molecule has 2 aliphatic rings. The molecule has 1 aliphatic carbocycles. The predicted molar refractivity (Wildman–Crippen MR) is 110 cm³/mol. The summed E-state index contributed by atoms with van der Waals surface area (Å²) in [5.41, 5.74) is 4.18. The van der Waals surface area contributed by atoms with Crippen molar-refractivity contribution in [3.05, 3.63) is 70.3 Å². The highest BCUT2D eigenvalue weighted by molar-refractivity contribution is 6.12. The van der Waals surface area contributed by atoms with Crippen molar-refractivity contribution in [1.82, 2.24) is 0 Å². The van der Waals surface area contributed by atoms with Gasteiger partial charge in [0.25, 0.3) is 0 Å². The second-order valence-corrected chi connectivity index (χ2v) is 7.98. The number of benzene rings is 1. The van der Waals surface area contributed by atoms with Crippen LogP contribution < -0.4 is 0 Å². The number of hydrogen-bond donors (Lipinski definition) is 0. The van der Waals surface area contributed by atoms with Crippen molar-refractivity contribution in [2.24, 2.45) is 10.9 Å². The quantitative estimate of drug-likeness (QED) is 0.715. The van der Waals surface area contributed by atoms with Crippen molar-refractivity contribution in [3.63, 3.8) is 0 Å². The summed E-state index contributed by atoms with van der Waals surface area (Å²) in [6.45, 7) is 5.71. The first-order valence-electron chi connectivity index (χ1n) is 9.91. The van der Waals surface area contributed by atoms with E-state index in [1.807, 2.05) is 19.1 Å². The number of esters is 1. The molecule has 1 saturated carbocycles. The molecule has 1 aromatic heterocycles. The van der Waals surface area contributed by atoms with E-state index in [4.69, 9.17) is 14.1 Å². The third-order valence-corrected chi connectivity index (χ3v) is 5.98. The summed E-state index contributed by atoms with van der Waals surface area (Å²) < 4.78 is 10.9. The lowest BCUT2D eigenvalue weighted by Crippen LogP contribution is -2.41. The predicted octanol–water partition coefficient (Wildman–Crippen LogP) is 4.64. The number of fused-ring (bicyclic) bond motifs is 1. The van der Waals surface area contributed by atoms with E-state index in [-0.39, 0.29) is 11.7 Å². The lowest BCUT2D eigenvalue weighted by atomic mass is 9.67. The molecule has 0 radical (unpaired) electrons. The van der Waals surface area contributed by atoms with Crippen molar-refractivity contribution in [2.45, 2.75) is 45.4 Å². The van der Waals surface area contributed by atoms with Crippen LogP contribution in [0.3, 0.4) is 0 Å². The van der Waals surface area contributed by atoms with E-state index < -0.39 is 17.8 Å². The molecule has 0 amide bonds. The number of allylic oxidation sites excluding steroid dienone is 1. The number of furan rings is 1. The molecule has 2 heterocycles. The number of nitrogens with zero attached hydrogens (tertiary/aromatic N) is 1. The number of carbonyl (C=O) groups excluding carboxylic acids is 2. The zero-order valence-electron chi connectivity index (χ0n) is 17.2. The Kier molecular flexibility index (Phi) is 4.99. The van der Waals surface area contributed by atoms with Crippen molar-refractivity contribution in [2.75, 3.05) is 7.11 Å². The number of aliphatic imine (C=N–C) groups is 1. The number of carbonyl (C=O) groups is 2. The van der Waals surface area contributed by atoms with Gasteiger partial charge >= 0.3 is 5.97 Å². The Balaban J connectivity index is 1.77.